The quantitative estimate of drug-likeness (QED) is 0.417. The van der Waals surface area contributed by atoms with Gasteiger partial charge >= 0.3 is 0 Å². The minimum absolute atomic E-state index is 0. The van der Waals surface area contributed by atoms with Gasteiger partial charge in [0, 0.05) is 12.1 Å². The molecule has 0 saturated carbocycles. The standard InChI is InChI=1S/C8H11N3O3.ClH/c1-5(9)10-7-4-6(12)2-3-8(7)11(13)14;/h2-5,10,12H,9H2,1H3;1H. The van der Waals surface area contributed by atoms with Crippen LogP contribution in [0, 0.1) is 10.1 Å². The van der Waals surface area contributed by atoms with Crippen LogP contribution in [-0.4, -0.2) is 16.2 Å². The molecule has 0 aliphatic rings. The van der Waals surface area contributed by atoms with Crippen LogP contribution in [0.5, 0.6) is 5.75 Å². The lowest BCUT2D eigenvalue weighted by Gasteiger charge is -2.10. The Balaban J connectivity index is 0.00000196. The number of rotatable bonds is 3. The van der Waals surface area contributed by atoms with E-state index in [9.17, 15) is 10.1 Å². The second kappa shape index (κ2) is 5.38. The van der Waals surface area contributed by atoms with Crippen LogP contribution in [-0.2, 0) is 0 Å². The number of nitro groups is 1. The number of phenols is 1. The highest BCUT2D eigenvalue weighted by Crippen LogP contribution is 2.28. The molecule has 15 heavy (non-hydrogen) atoms. The topological polar surface area (TPSA) is 101 Å². The lowest BCUT2D eigenvalue weighted by molar-refractivity contribution is -0.384. The van der Waals surface area contributed by atoms with Crippen molar-refractivity contribution in [3.63, 3.8) is 0 Å². The minimum atomic E-state index is -0.538. The van der Waals surface area contributed by atoms with E-state index >= 15 is 0 Å². The van der Waals surface area contributed by atoms with Gasteiger partial charge in [-0.15, -0.1) is 12.4 Å². The van der Waals surface area contributed by atoms with Crippen molar-refractivity contribution < 1.29 is 10.0 Å². The van der Waals surface area contributed by atoms with Crippen LogP contribution in [0.25, 0.3) is 0 Å². The molecule has 0 fully saturated rings. The summed E-state index contributed by atoms with van der Waals surface area (Å²) in [6.45, 7) is 1.65. The molecule has 1 unspecified atom stereocenters. The first-order chi connectivity index (χ1) is 6.50. The fourth-order valence-corrected chi connectivity index (χ4v) is 1.04. The third kappa shape index (κ3) is 3.61. The average molecular weight is 234 g/mol. The van der Waals surface area contributed by atoms with E-state index in [0.29, 0.717) is 0 Å². The summed E-state index contributed by atoms with van der Waals surface area (Å²) in [5, 5.41) is 22.4. The van der Waals surface area contributed by atoms with Crippen molar-refractivity contribution >= 4 is 23.8 Å². The summed E-state index contributed by atoms with van der Waals surface area (Å²) >= 11 is 0. The second-order valence-electron chi connectivity index (χ2n) is 2.89. The molecule has 1 atom stereocenters. The highest BCUT2D eigenvalue weighted by atomic mass is 35.5. The van der Waals surface area contributed by atoms with Gasteiger partial charge in [0.05, 0.1) is 11.1 Å². The van der Waals surface area contributed by atoms with E-state index in [1.807, 2.05) is 0 Å². The number of hydrogen-bond donors (Lipinski definition) is 3. The first-order valence-corrected chi connectivity index (χ1v) is 4.00. The largest absolute Gasteiger partial charge is 0.508 e. The molecule has 4 N–H and O–H groups in total. The molecular weight excluding hydrogens is 222 g/mol. The molecule has 1 aromatic carbocycles. The molecule has 84 valence electrons. The van der Waals surface area contributed by atoms with Crippen LogP contribution < -0.4 is 11.1 Å². The van der Waals surface area contributed by atoms with Crippen molar-refractivity contribution in [2.75, 3.05) is 5.32 Å². The van der Waals surface area contributed by atoms with Gasteiger partial charge in [-0.1, -0.05) is 0 Å². The molecule has 1 aromatic rings. The predicted molar refractivity (Wildman–Crippen MR) is 59.3 cm³/mol. The van der Waals surface area contributed by atoms with Crippen molar-refractivity contribution in [2.24, 2.45) is 5.73 Å². The Morgan fingerprint density at radius 1 is 1.60 bits per heavy atom. The number of anilines is 1. The Kier molecular flexibility index (Phi) is 4.83. The van der Waals surface area contributed by atoms with Crippen LogP contribution in [0.2, 0.25) is 0 Å². The Hall–Kier alpha value is -1.53. The van der Waals surface area contributed by atoms with E-state index in [0.717, 1.165) is 0 Å². The van der Waals surface area contributed by atoms with Crippen LogP contribution in [0.1, 0.15) is 6.92 Å². The highest BCUT2D eigenvalue weighted by molar-refractivity contribution is 5.85. The van der Waals surface area contributed by atoms with Crippen molar-refractivity contribution in [3.05, 3.63) is 28.3 Å². The summed E-state index contributed by atoms with van der Waals surface area (Å²) in [5.41, 5.74) is 5.53. The summed E-state index contributed by atoms with van der Waals surface area (Å²) < 4.78 is 0. The molecule has 0 aliphatic carbocycles. The van der Waals surface area contributed by atoms with E-state index in [2.05, 4.69) is 5.32 Å². The maximum atomic E-state index is 10.6. The molecule has 0 bridgehead atoms. The van der Waals surface area contributed by atoms with Crippen molar-refractivity contribution in [1.29, 1.82) is 0 Å². The number of halogens is 1. The van der Waals surface area contributed by atoms with Gasteiger partial charge in [0.25, 0.3) is 5.69 Å². The molecule has 0 saturated heterocycles. The number of nitrogens with zero attached hydrogens (tertiary/aromatic N) is 1. The van der Waals surface area contributed by atoms with Crippen molar-refractivity contribution in [2.45, 2.75) is 13.1 Å². The monoisotopic (exact) mass is 233 g/mol. The molecule has 7 heteroatoms. The number of aromatic hydroxyl groups is 1. The lowest BCUT2D eigenvalue weighted by atomic mass is 10.2. The molecule has 6 nitrogen and oxygen atoms in total. The van der Waals surface area contributed by atoms with E-state index in [-0.39, 0.29) is 29.5 Å². The smallest absolute Gasteiger partial charge is 0.292 e. The van der Waals surface area contributed by atoms with Crippen LogP contribution in [0.15, 0.2) is 18.2 Å². The first kappa shape index (κ1) is 13.5. The van der Waals surface area contributed by atoms with Crippen LogP contribution >= 0.6 is 12.4 Å². The normalized spacial score (nSPS) is 11.3. The highest BCUT2D eigenvalue weighted by Gasteiger charge is 2.14. The predicted octanol–water partition coefficient (Wildman–Crippen LogP) is 1.44. The number of nitrogens with two attached hydrogens (primary N) is 1. The van der Waals surface area contributed by atoms with Crippen LogP contribution in [0.4, 0.5) is 11.4 Å². The van der Waals surface area contributed by atoms with Gasteiger partial charge < -0.3 is 16.2 Å². The van der Waals surface area contributed by atoms with Gasteiger partial charge in [0.1, 0.15) is 11.4 Å². The zero-order chi connectivity index (χ0) is 10.7. The van der Waals surface area contributed by atoms with E-state index < -0.39 is 11.1 Å². The maximum absolute atomic E-state index is 10.6. The first-order valence-electron chi connectivity index (χ1n) is 4.00. The second-order valence-corrected chi connectivity index (χ2v) is 2.89. The summed E-state index contributed by atoms with van der Waals surface area (Å²) in [6.07, 6.45) is -0.421. The molecular formula is C8H12ClN3O3. The van der Waals surface area contributed by atoms with Crippen LogP contribution in [0.3, 0.4) is 0 Å². The number of nitrogens with one attached hydrogen (secondary N) is 1. The van der Waals surface area contributed by atoms with Gasteiger partial charge in [-0.3, -0.25) is 10.1 Å². The third-order valence-electron chi connectivity index (χ3n) is 1.56. The number of hydrogen-bond acceptors (Lipinski definition) is 5. The molecule has 0 heterocycles. The maximum Gasteiger partial charge on any atom is 0.292 e. The van der Waals surface area contributed by atoms with Gasteiger partial charge in [-0.05, 0) is 13.0 Å². The Labute approximate surface area is 92.7 Å². The van der Waals surface area contributed by atoms with Gasteiger partial charge in [-0.2, -0.15) is 0 Å². The van der Waals surface area contributed by atoms with E-state index in [1.54, 1.807) is 6.92 Å². The fraction of sp³-hybridized carbons (Fsp3) is 0.250. The van der Waals surface area contributed by atoms with E-state index in [1.165, 1.54) is 18.2 Å². The molecule has 0 amide bonds. The average Bonchev–Trinajstić information content (AvgIpc) is 2.01. The van der Waals surface area contributed by atoms with Crippen molar-refractivity contribution in [3.8, 4) is 5.75 Å². The zero-order valence-corrected chi connectivity index (χ0v) is 8.82. The minimum Gasteiger partial charge on any atom is -0.508 e. The summed E-state index contributed by atoms with van der Waals surface area (Å²) in [6, 6.07) is 3.74. The Morgan fingerprint density at radius 2 is 2.20 bits per heavy atom. The summed E-state index contributed by atoms with van der Waals surface area (Å²) in [5.74, 6) is -0.0428. The molecule has 1 rings (SSSR count). The number of nitro benzene ring substituents is 1. The Morgan fingerprint density at radius 3 is 2.67 bits per heavy atom. The van der Waals surface area contributed by atoms with Crippen molar-refractivity contribution in [1.82, 2.24) is 0 Å². The molecule has 0 radical (unpaired) electrons. The van der Waals surface area contributed by atoms with Gasteiger partial charge in [0.2, 0.25) is 0 Å². The SMILES string of the molecule is CC(N)Nc1cc(O)ccc1[N+](=O)[O-].Cl. The third-order valence-corrected chi connectivity index (χ3v) is 1.56. The molecule has 0 spiro atoms. The summed E-state index contributed by atoms with van der Waals surface area (Å²) in [7, 11) is 0. The summed E-state index contributed by atoms with van der Waals surface area (Å²) in [4.78, 5) is 10.0. The lowest BCUT2D eigenvalue weighted by Crippen LogP contribution is -2.25. The van der Waals surface area contributed by atoms with Gasteiger partial charge in [-0.25, -0.2) is 0 Å². The van der Waals surface area contributed by atoms with E-state index in [4.69, 9.17) is 10.8 Å². The fourth-order valence-electron chi connectivity index (χ4n) is 1.04. The van der Waals surface area contributed by atoms with Gasteiger partial charge in [0.15, 0.2) is 0 Å². The zero-order valence-electron chi connectivity index (χ0n) is 8.01. The number of phenolic OH excluding ortho intramolecular Hbond substituents is 1. The molecule has 0 aromatic heterocycles. The number of benzene rings is 1. The Bertz CT molecular complexity index is 357. The molecule has 0 aliphatic heterocycles.